The highest BCUT2D eigenvalue weighted by Crippen LogP contribution is 2.26. The van der Waals surface area contributed by atoms with Gasteiger partial charge in [-0.2, -0.15) is 0 Å². The molecule has 1 aromatic carbocycles. The van der Waals surface area contributed by atoms with E-state index < -0.39 is 12.7 Å². The third-order valence-corrected chi connectivity index (χ3v) is 5.12. The van der Waals surface area contributed by atoms with E-state index in [-0.39, 0.29) is 17.4 Å². The Hall–Kier alpha value is -1.55. The average Bonchev–Trinajstić information content (AvgIpc) is 2.98. The number of piperidine rings is 1. The van der Waals surface area contributed by atoms with Gasteiger partial charge in [-0.25, -0.2) is 4.79 Å². The van der Waals surface area contributed by atoms with Gasteiger partial charge in [-0.15, -0.1) is 0 Å². The molecule has 2 aliphatic heterocycles. The molecule has 2 heterocycles. The second kappa shape index (κ2) is 8.45. The van der Waals surface area contributed by atoms with E-state index in [1.807, 2.05) is 26.8 Å². The lowest BCUT2D eigenvalue weighted by atomic mass is 9.79. The molecule has 1 fully saturated rings. The second-order valence-corrected chi connectivity index (χ2v) is 8.61. The van der Waals surface area contributed by atoms with Crippen LogP contribution >= 0.6 is 23.8 Å². The lowest BCUT2D eigenvalue weighted by Crippen LogP contribution is -2.44. The molecular formula is C18H24BClN2O5S. The van der Waals surface area contributed by atoms with Gasteiger partial charge in [-0.3, -0.25) is 0 Å². The van der Waals surface area contributed by atoms with E-state index in [9.17, 15) is 9.82 Å². The molecule has 0 spiro atoms. The molecule has 0 atom stereocenters. The predicted molar refractivity (Wildman–Crippen MR) is 112 cm³/mol. The van der Waals surface area contributed by atoms with E-state index >= 15 is 0 Å². The topological polar surface area (TPSA) is 80.3 Å². The van der Waals surface area contributed by atoms with Crippen LogP contribution in [0.15, 0.2) is 12.1 Å². The van der Waals surface area contributed by atoms with Gasteiger partial charge >= 0.3 is 13.2 Å². The Morgan fingerprint density at radius 2 is 2.07 bits per heavy atom. The van der Waals surface area contributed by atoms with Crippen LogP contribution in [-0.2, 0) is 20.7 Å². The van der Waals surface area contributed by atoms with Crippen molar-refractivity contribution in [1.82, 2.24) is 4.90 Å². The highest BCUT2D eigenvalue weighted by Gasteiger charge is 2.32. The molecule has 0 radical (unpaired) electrons. The number of hydrogen-bond acceptors (Lipinski definition) is 6. The van der Waals surface area contributed by atoms with Crippen molar-refractivity contribution in [1.29, 1.82) is 0 Å². The molecule has 0 aliphatic carbocycles. The van der Waals surface area contributed by atoms with Gasteiger partial charge in [0.25, 0.3) is 5.17 Å². The Bertz CT molecular complexity index is 765. The quantitative estimate of drug-likeness (QED) is 0.556. The number of anilines is 1. The van der Waals surface area contributed by atoms with Crippen LogP contribution in [-0.4, -0.2) is 53.1 Å². The normalized spacial score (nSPS) is 17.3. The summed E-state index contributed by atoms with van der Waals surface area (Å²) < 4.78 is 16.4. The summed E-state index contributed by atoms with van der Waals surface area (Å²) in [5.41, 5.74) is 1.45. The van der Waals surface area contributed by atoms with Gasteiger partial charge < -0.3 is 29.4 Å². The van der Waals surface area contributed by atoms with Crippen molar-refractivity contribution in [3.8, 4) is 0 Å². The minimum Gasteiger partial charge on any atom is -0.467 e. The number of halogens is 1. The number of likely N-dealkylation sites (tertiary alicyclic amines) is 1. The zero-order valence-electron chi connectivity index (χ0n) is 16.2. The summed E-state index contributed by atoms with van der Waals surface area (Å²) in [4.78, 5) is 13.8. The number of rotatable bonds is 2. The van der Waals surface area contributed by atoms with Crippen molar-refractivity contribution in [3.63, 3.8) is 0 Å². The maximum absolute atomic E-state index is 12.1. The summed E-state index contributed by atoms with van der Waals surface area (Å²) >= 11 is 11.7. The number of amides is 1. The Morgan fingerprint density at radius 3 is 2.71 bits per heavy atom. The van der Waals surface area contributed by atoms with Crippen molar-refractivity contribution in [2.45, 2.75) is 51.9 Å². The number of ether oxygens (including phenoxy) is 2. The van der Waals surface area contributed by atoms with Gasteiger partial charge in [0, 0.05) is 31.4 Å². The molecule has 10 heteroatoms. The highest BCUT2D eigenvalue weighted by molar-refractivity contribution is 7.80. The molecule has 2 N–H and O–H groups in total. The Kier molecular flexibility index (Phi) is 6.39. The molecule has 0 saturated carbocycles. The molecule has 7 nitrogen and oxygen atoms in total. The largest absolute Gasteiger partial charge is 0.493 e. The first kappa shape index (κ1) is 21.2. The first-order chi connectivity index (χ1) is 13.1. The van der Waals surface area contributed by atoms with Crippen LogP contribution in [0.25, 0.3) is 0 Å². The van der Waals surface area contributed by atoms with Crippen LogP contribution in [0, 0.1) is 0 Å². The van der Waals surface area contributed by atoms with E-state index in [1.165, 1.54) is 0 Å². The van der Waals surface area contributed by atoms with Crippen molar-refractivity contribution in [3.05, 3.63) is 22.7 Å². The summed E-state index contributed by atoms with van der Waals surface area (Å²) in [6, 6.07) is 3.62. The van der Waals surface area contributed by atoms with Gasteiger partial charge in [-0.05, 0) is 44.6 Å². The molecule has 1 aromatic rings. The summed E-state index contributed by atoms with van der Waals surface area (Å²) in [6.45, 7) is 6.96. The smallest absolute Gasteiger partial charge is 0.467 e. The fourth-order valence-corrected chi connectivity index (χ4v) is 3.72. The Balaban J connectivity index is 1.51. The van der Waals surface area contributed by atoms with Crippen LogP contribution in [0.5, 0.6) is 0 Å². The lowest BCUT2D eigenvalue weighted by molar-refractivity contribution is 0.0118. The molecule has 1 saturated heterocycles. The predicted octanol–water partition coefficient (Wildman–Crippen LogP) is 2.67. The molecule has 1 amide bonds. The zero-order valence-corrected chi connectivity index (χ0v) is 17.7. The van der Waals surface area contributed by atoms with Crippen LogP contribution < -0.4 is 10.8 Å². The molecule has 28 heavy (non-hydrogen) atoms. The van der Waals surface area contributed by atoms with Gasteiger partial charge in [0.05, 0.1) is 17.3 Å². The van der Waals surface area contributed by atoms with Crippen LogP contribution in [0.2, 0.25) is 5.02 Å². The standard InChI is InChI=1S/C18H24BClN2O5S/c1-18(2,3)27-17(23)22-8-6-12(7-9-22)26-16(28)21-13-5-4-11-10-25-19(24)14(11)15(13)20/h4-5,12,24H,6-10H2,1-3H3,(H,21,28). The number of nitrogens with one attached hydrogen (secondary N) is 1. The van der Waals surface area contributed by atoms with Crippen molar-refractivity contribution in [2.75, 3.05) is 18.4 Å². The first-order valence-electron chi connectivity index (χ1n) is 9.20. The molecule has 3 rings (SSSR count). The molecular weight excluding hydrogens is 403 g/mol. The SMILES string of the molecule is CC(C)(C)OC(=O)N1CCC(OC(=S)Nc2ccc3c(c2Cl)B(O)OC3)CC1. The monoisotopic (exact) mass is 426 g/mol. The van der Waals surface area contributed by atoms with E-state index in [4.69, 9.17) is 37.9 Å². The number of carbonyl (C=O) groups excluding carboxylic acids is 1. The summed E-state index contributed by atoms with van der Waals surface area (Å²) in [5.74, 6) is 0. The van der Waals surface area contributed by atoms with Gasteiger partial charge in [-0.1, -0.05) is 17.7 Å². The van der Waals surface area contributed by atoms with E-state index in [2.05, 4.69) is 5.32 Å². The van der Waals surface area contributed by atoms with E-state index in [1.54, 1.807) is 11.0 Å². The molecule has 0 bridgehead atoms. The third kappa shape index (κ3) is 5.08. The third-order valence-electron chi connectivity index (χ3n) is 4.52. The van der Waals surface area contributed by atoms with Gasteiger partial charge in [0.2, 0.25) is 0 Å². The minimum absolute atomic E-state index is 0.0965. The van der Waals surface area contributed by atoms with Crippen molar-refractivity contribution >= 4 is 53.4 Å². The van der Waals surface area contributed by atoms with Gasteiger partial charge in [0.15, 0.2) is 0 Å². The lowest BCUT2D eigenvalue weighted by Gasteiger charge is -2.33. The van der Waals surface area contributed by atoms with Crippen LogP contribution in [0.4, 0.5) is 10.5 Å². The number of hydrogen-bond donors (Lipinski definition) is 2. The number of fused-ring (bicyclic) bond motifs is 1. The number of benzene rings is 1. The van der Waals surface area contributed by atoms with Crippen molar-refractivity contribution < 1.29 is 23.9 Å². The van der Waals surface area contributed by atoms with Crippen molar-refractivity contribution in [2.24, 2.45) is 0 Å². The Morgan fingerprint density at radius 1 is 1.39 bits per heavy atom. The van der Waals surface area contributed by atoms with E-state index in [0.29, 0.717) is 48.7 Å². The zero-order chi connectivity index (χ0) is 20.5. The second-order valence-electron chi connectivity index (χ2n) is 7.86. The fourth-order valence-electron chi connectivity index (χ4n) is 3.15. The fraction of sp³-hybridized carbons (Fsp3) is 0.556. The first-order valence-corrected chi connectivity index (χ1v) is 9.99. The summed E-state index contributed by atoms with van der Waals surface area (Å²) in [5, 5.41) is 13.4. The molecule has 0 unspecified atom stereocenters. The number of nitrogens with zero attached hydrogens (tertiary/aromatic N) is 1. The maximum atomic E-state index is 12.1. The maximum Gasteiger partial charge on any atom is 0.493 e. The van der Waals surface area contributed by atoms with Gasteiger partial charge in [0.1, 0.15) is 11.7 Å². The Labute approximate surface area is 175 Å². The summed E-state index contributed by atoms with van der Waals surface area (Å²) in [7, 11) is -1.03. The van der Waals surface area contributed by atoms with E-state index in [0.717, 1.165) is 5.56 Å². The highest BCUT2D eigenvalue weighted by atomic mass is 35.5. The number of thiocarbonyl (C=S) groups is 1. The number of carbonyl (C=O) groups is 1. The van der Waals surface area contributed by atoms with Crippen LogP contribution in [0.1, 0.15) is 39.2 Å². The molecule has 152 valence electrons. The minimum atomic E-state index is -1.03. The molecule has 2 aliphatic rings. The van der Waals surface area contributed by atoms with Crippen LogP contribution in [0.3, 0.4) is 0 Å². The summed E-state index contributed by atoms with van der Waals surface area (Å²) in [6.07, 6.45) is 0.912. The molecule has 0 aromatic heterocycles. The average molecular weight is 427 g/mol.